The number of ether oxygens (including phenoxy) is 2. The molecule has 1 aromatic heterocycles. The van der Waals surface area contributed by atoms with Gasteiger partial charge in [-0.3, -0.25) is 9.58 Å². The van der Waals surface area contributed by atoms with Crippen molar-refractivity contribution in [3.63, 3.8) is 0 Å². The second-order valence-corrected chi connectivity index (χ2v) is 11.1. The van der Waals surface area contributed by atoms with Gasteiger partial charge in [0.2, 0.25) is 0 Å². The molecule has 3 aliphatic rings. The summed E-state index contributed by atoms with van der Waals surface area (Å²) in [4.78, 5) is 19.1. The van der Waals surface area contributed by atoms with Gasteiger partial charge in [-0.2, -0.15) is 5.10 Å². The summed E-state index contributed by atoms with van der Waals surface area (Å²) in [6.45, 7) is 1.20. The molecule has 9 nitrogen and oxygen atoms in total. The van der Waals surface area contributed by atoms with Crippen molar-refractivity contribution >= 4 is 29.3 Å². The lowest BCUT2D eigenvalue weighted by molar-refractivity contribution is 0.118. The van der Waals surface area contributed by atoms with Gasteiger partial charge in [-0.05, 0) is 60.0 Å². The normalized spacial score (nSPS) is 22.0. The smallest absolute Gasteiger partial charge is 0.416 e. The first kappa shape index (κ1) is 27.4. The maximum absolute atomic E-state index is 13.5. The van der Waals surface area contributed by atoms with E-state index in [4.69, 9.17) is 32.7 Å². The van der Waals surface area contributed by atoms with E-state index in [0.29, 0.717) is 49.1 Å². The highest BCUT2D eigenvalue weighted by molar-refractivity contribution is 6.31. The third-order valence-corrected chi connectivity index (χ3v) is 8.00. The zero-order chi connectivity index (χ0) is 28.3. The van der Waals surface area contributed by atoms with Gasteiger partial charge in [0.15, 0.2) is 0 Å². The summed E-state index contributed by atoms with van der Waals surface area (Å²) in [5, 5.41) is 19.2. The van der Waals surface area contributed by atoms with E-state index in [0.717, 1.165) is 16.3 Å². The summed E-state index contributed by atoms with van der Waals surface area (Å²) in [5.74, 6) is 1.25. The molecule has 41 heavy (non-hydrogen) atoms. The average molecular weight is 594 g/mol. The Morgan fingerprint density at radius 2 is 1.90 bits per heavy atom. The molecule has 1 amide bonds. The summed E-state index contributed by atoms with van der Waals surface area (Å²) < 4.78 is 13.2. The number of rotatable bonds is 8. The second kappa shape index (κ2) is 12.0. The zero-order valence-corrected chi connectivity index (χ0v) is 23.6. The van der Waals surface area contributed by atoms with Gasteiger partial charge in [0.25, 0.3) is 0 Å². The maximum atomic E-state index is 13.5. The number of hydrogen-bond donors (Lipinski definition) is 2. The van der Waals surface area contributed by atoms with Crippen LogP contribution in [0.25, 0.3) is 0 Å². The molecule has 3 heterocycles. The van der Waals surface area contributed by atoms with Crippen LogP contribution in [0.15, 0.2) is 95.7 Å². The Morgan fingerprint density at radius 3 is 2.66 bits per heavy atom. The standard InChI is InChI=1S/C30H29Cl2N5O4/c31-20-3-8-24(9-4-20)41-30(39)37-13-11-25-26-15-21(32)5-10-27(26)35-28(25)29(37)19-1-6-23(7-2-19)40-14-12-22(38)16-36-18-33-17-34-36/h1-10,15,17-18,22,26-27,29,35,38H,11-14,16H2/t22?,26?,27?,29-/m0/s1. The SMILES string of the molecule is O=C(Oc1ccc(Cl)cc1)N1CCC2=C(NC3C=CC(Cl)=CC23)[C@@H]1c1ccc(OCCC(O)Cn2cncn2)cc1. The lowest BCUT2D eigenvalue weighted by atomic mass is 9.85. The van der Waals surface area contributed by atoms with Gasteiger partial charge in [0.05, 0.1) is 25.3 Å². The van der Waals surface area contributed by atoms with Gasteiger partial charge in [-0.15, -0.1) is 0 Å². The van der Waals surface area contributed by atoms with Gasteiger partial charge >= 0.3 is 6.09 Å². The van der Waals surface area contributed by atoms with Crippen molar-refractivity contribution in [2.75, 3.05) is 13.2 Å². The van der Waals surface area contributed by atoms with E-state index in [9.17, 15) is 9.90 Å². The first-order valence-corrected chi connectivity index (χ1v) is 14.2. The minimum atomic E-state index is -0.600. The number of aliphatic hydroxyl groups excluding tert-OH is 1. The molecule has 2 aliphatic heterocycles. The molecule has 0 bridgehead atoms. The maximum Gasteiger partial charge on any atom is 0.416 e. The number of amides is 1. The number of aliphatic hydroxyl groups is 1. The number of nitrogens with one attached hydrogen (secondary N) is 1. The molecule has 2 N–H and O–H groups in total. The number of aromatic nitrogens is 3. The molecule has 0 spiro atoms. The van der Waals surface area contributed by atoms with Crippen LogP contribution in [0.4, 0.5) is 4.79 Å². The molecule has 4 atom stereocenters. The number of nitrogens with zero attached hydrogens (tertiary/aromatic N) is 4. The van der Waals surface area contributed by atoms with Crippen LogP contribution in [0.3, 0.4) is 0 Å². The molecule has 2 aromatic carbocycles. The van der Waals surface area contributed by atoms with Crippen molar-refractivity contribution in [1.82, 2.24) is 25.0 Å². The number of benzene rings is 2. The first-order chi connectivity index (χ1) is 19.9. The molecule has 1 aliphatic carbocycles. The van der Waals surface area contributed by atoms with Crippen LogP contribution >= 0.6 is 23.2 Å². The van der Waals surface area contributed by atoms with E-state index in [2.05, 4.69) is 27.6 Å². The van der Waals surface area contributed by atoms with Crippen molar-refractivity contribution in [3.8, 4) is 11.5 Å². The molecule has 6 rings (SSSR count). The van der Waals surface area contributed by atoms with E-state index in [1.165, 1.54) is 11.9 Å². The highest BCUT2D eigenvalue weighted by Crippen LogP contribution is 2.45. The molecule has 0 saturated carbocycles. The average Bonchev–Trinajstić information content (AvgIpc) is 3.61. The summed E-state index contributed by atoms with van der Waals surface area (Å²) >= 11 is 12.4. The summed E-state index contributed by atoms with van der Waals surface area (Å²) in [6, 6.07) is 14.2. The third-order valence-electron chi connectivity index (χ3n) is 7.50. The van der Waals surface area contributed by atoms with Gasteiger partial charge in [0.1, 0.15) is 30.2 Å². The number of carbonyl (C=O) groups excluding carboxylic acids is 1. The van der Waals surface area contributed by atoms with Crippen molar-refractivity contribution in [2.24, 2.45) is 5.92 Å². The molecular weight excluding hydrogens is 565 g/mol. The van der Waals surface area contributed by atoms with Gasteiger partial charge in [-0.25, -0.2) is 9.78 Å². The number of allylic oxidation sites excluding steroid dienone is 2. The van der Waals surface area contributed by atoms with Gasteiger partial charge < -0.3 is 19.9 Å². The van der Waals surface area contributed by atoms with Gasteiger partial charge in [0, 0.05) is 34.6 Å². The van der Waals surface area contributed by atoms with Crippen LogP contribution in [0.5, 0.6) is 11.5 Å². The summed E-state index contributed by atoms with van der Waals surface area (Å²) in [5.41, 5.74) is 3.17. The van der Waals surface area contributed by atoms with Gasteiger partial charge in [-0.1, -0.05) is 47.5 Å². The fourth-order valence-corrected chi connectivity index (χ4v) is 5.87. The highest BCUT2D eigenvalue weighted by Gasteiger charge is 2.43. The Bertz CT molecular complexity index is 1470. The number of halogens is 2. The second-order valence-electron chi connectivity index (χ2n) is 10.2. The Kier molecular flexibility index (Phi) is 8.00. The minimum absolute atomic E-state index is 0.0868. The molecule has 0 fully saturated rings. The van der Waals surface area contributed by atoms with E-state index < -0.39 is 12.2 Å². The topological polar surface area (TPSA) is 102 Å². The Labute approximate surface area is 247 Å². The van der Waals surface area contributed by atoms with Crippen molar-refractivity contribution in [3.05, 3.63) is 106 Å². The minimum Gasteiger partial charge on any atom is -0.493 e. The Balaban J connectivity index is 1.19. The van der Waals surface area contributed by atoms with Crippen LogP contribution in [0.1, 0.15) is 24.4 Å². The van der Waals surface area contributed by atoms with E-state index >= 15 is 0 Å². The molecule has 3 unspecified atom stereocenters. The molecule has 3 aromatic rings. The molecular formula is C30H29Cl2N5O4. The molecule has 0 radical (unpaired) electrons. The van der Waals surface area contributed by atoms with Crippen LogP contribution in [-0.4, -0.2) is 56.2 Å². The molecule has 212 valence electrons. The first-order valence-electron chi connectivity index (χ1n) is 13.5. The van der Waals surface area contributed by atoms with E-state index in [1.54, 1.807) is 40.2 Å². The third kappa shape index (κ3) is 6.12. The Morgan fingerprint density at radius 1 is 1.12 bits per heavy atom. The predicted molar refractivity (Wildman–Crippen MR) is 155 cm³/mol. The predicted octanol–water partition coefficient (Wildman–Crippen LogP) is 5.24. The Hall–Kier alpha value is -3.79. The molecule has 0 saturated heterocycles. The van der Waals surface area contributed by atoms with E-state index in [-0.39, 0.29) is 18.0 Å². The number of hydrogen-bond acceptors (Lipinski definition) is 7. The quantitative estimate of drug-likeness (QED) is 0.368. The number of fused-ring (bicyclic) bond motifs is 2. The molecule has 11 heteroatoms. The van der Waals surface area contributed by atoms with E-state index in [1.807, 2.05) is 30.3 Å². The van der Waals surface area contributed by atoms with Crippen molar-refractivity contribution in [2.45, 2.75) is 37.6 Å². The summed E-state index contributed by atoms with van der Waals surface area (Å²) in [6.07, 6.45) is 9.18. The van der Waals surface area contributed by atoms with Crippen LogP contribution < -0.4 is 14.8 Å². The number of carbonyl (C=O) groups is 1. The largest absolute Gasteiger partial charge is 0.493 e. The lowest BCUT2D eigenvalue weighted by Gasteiger charge is -2.37. The lowest BCUT2D eigenvalue weighted by Crippen LogP contribution is -2.43. The highest BCUT2D eigenvalue weighted by atomic mass is 35.5. The van der Waals surface area contributed by atoms with Crippen molar-refractivity contribution in [1.29, 1.82) is 0 Å². The monoisotopic (exact) mass is 593 g/mol. The van der Waals surface area contributed by atoms with Crippen molar-refractivity contribution < 1.29 is 19.4 Å². The fraction of sp³-hybridized carbons (Fsp3) is 0.300. The van der Waals surface area contributed by atoms with Crippen LogP contribution in [0, 0.1) is 5.92 Å². The van der Waals surface area contributed by atoms with Crippen LogP contribution in [0.2, 0.25) is 5.02 Å². The van der Waals surface area contributed by atoms with Crippen LogP contribution in [-0.2, 0) is 6.54 Å². The zero-order valence-electron chi connectivity index (χ0n) is 22.1. The fourth-order valence-electron chi connectivity index (χ4n) is 5.53. The summed E-state index contributed by atoms with van der Waals surface area (Å²) in [7, 11) is 0.